The van der Waals surface area contributed by atoms with Crippen molar-refractivity contribution in [2.45, 2.75) is 110 Å². The fourth-order valence-corrected chi connectivity index (χ4v) is 3.08. The molecule has 0 saturated heterocycles. The number of phenolic OH excluding ortho intramolecular Hbond substituents is 1. The number of unbranched alkanes of at least 4 members (excludes halogenated alkanes) is 13. The Hall–Kier alpha value is -1.06. The van der Waals surface area contributed by atoms with Crippen molar-refractivity contribution in [3.05, 3.63) is 30.3 Å². The quantitative estimate of drug-likeness (QED) is 0.220. The molecule has 0 amide bonds. The Morgan fingerprint density at radius 3 is 1.48 bits per heavy atom. The molecule has 4 N–H and O–H groups in total. The first-order valence-electron chi connectivity index (χ1n) is 11.4. The third kappa shape index (κ3) is 22.9. The summed E-state index contributed by atoms with van der Waals surface area (Å²) < 4.78 is 0. The van der Waals surface area contributed by atoms with Crippen LogP contribution in [0, 0.1) is 0 Å². The molecule has 1 unspecified atom stereocenters. The first kappa shape index (κ1) is 25.9. The molecule has 0 aliphatic rings. The minimum atomic E-state index is 0.150. The van der Waals surface area contributed by atoms with Gasteiger partial charge in [0.1, 0.15) is 5.75 Å². The van der Waals surface area contributed by atoms with E-state index >= 15 is 0 Å². The van der Waals surface area contributed by atoms with E-state index in [-0.39, 0.29) is 6.17 Å². The second-order valence-corrected chi connectivity index (χ2v) is 7.67. The van der Waals surface area contributed by atoms with Crippen LogP contribution in [0.15, 0.2) is 30.3 Å². The Bertz CT molecular complexity index is 381. The van der Waals surface area contributed by atoms with E-state index in [2.05, 4.69) is 12.2 Å². The lowest BCUT2D eigenvalue weighted by atomic mass is 10.0. The highest BCUT2D eigenvalue weighted by molar-refractivity contribution is 5.18. The molecule has 0 aromatic heterocycles. The van der Waals surface area contributed by atoms with Crippen LogP contribution >= 0.6 is 0 Å². The Balaban J connectivity index is 0.000000797. The highest BCUT2D eigenvalue weighted by atomic mass is 16.3. The van der Waals surface area contributed by atoms with Gasteiger partial charge in [0, 0.05) is 0 Å². The third-order valence-electron chi connectivity index (χ3n) is 4.75. The minimum absolute atomic E-state index is 0.150. The maximum Gasteiger partial charge on any atom is 0.115 e. The van der Waals surface area contributed by atoms with Crippen LogP contribution in [0.25, 0.3) is 0 Å². The molecule has 0 radical (unpaired) electrons. The first-order valence-corrected chi connectivity index (χ1v) is 11.4. The normalized spacial score (nSPS) is 11.7. The number of rotatable bonds is 16. The number of phenols is 1. The largest absolute Gasteiger partial charge is 0.508 e. The van der Waals surface area contributed by atoms with Gasteiger partial charge >= 0.3 is 0 Å². The topological polar surface area (TPSA) is 58.3 Å². The van der Waals surface area contributed by atoms with E-state index in [1.807, 2.05) is 13.0 Å². The van der Waals surface area contributed by atoms with Gasteiger partial charge in [0.15, 0.2) is 0 Å². The van der Waals surface area contributed by atoms with Crippen molar-refractivity contribution in [3.8, 4) is 5.75 Å². The molecular formula is C24H46N2O. The number of para-hydroxylation sites is 1. The maximum atomic E-state index is 8.63. The molecule has 0 heterocycles. The molecule has 1 aromatic rings. The number of benzene rings is 1. The Morgan fingerprint density at radius 1 is 0.741 bits per heavy atom. The molecule has 1 aromatic carbocycles. The molecule has 0 aliphatic heterocycles. The Labute approximate surface area is 169 Å². The van der Waals surface area contributed by atoms with Crippen LogP contribution < -0.4 is 11.1 Å². The van der Waals surface area contributed by atoms with E-state index in [1.165, 1.54) is 89.9 Å². The van der Waals surface area contributed by atoms with Crippen molar-refractivity contribution >= 4 is 0 Å². The number of hydrogen-bond donors (Lipinski definition) is 3. The summed E-state index contributed by atoms with van der Waals surface area (Å²) in [6, 6.07) is 8.71. The van der Waals surface area contributed by atoms with Gasteiger partial charge in [-0.1, -0.05) is 109 Å². The molecule has 0 fully saturated rings. The Kier molecular flexibility index (Phi) is 20.4. The minimum Gasteiger partial charge on any atom is -0.508 e. The van der Waals surface area contributed by atoms with E-state index in [1.54, 1.807) is 24.3 Å². The first-order chi connectivity index (χ1) is 13.2. The molecule has 0 bridgehead atoms. The zero-order valence-corrected chi connectivity index (χ0v) is 18.1. The van der Waals surface area contributed by atoms with Gasteiger partial charge < -0.3 is 16.2 Å². The van der Waals surface area contributed by atoms with Gasteiger partial charge in [-0.3, -0.25) is 0 Å². The van der Waals surface area contributed by atoms with E-state index in [0.29, 0.717) is 5.75 Å². The molecule has 0 spiro atoms. The van der Waals surface area contributed by atoms with Crippen molar-refractivity contribution in [3.63, 3.8) is 0 Å². The maximum absolute atomic E-state index is 8.63. The van der Waals surface area contributed by atoms with Crippen LogP contribution in [0.5, 0.6) is 5.75 Å². The molecule has 1 rings (SSSR count). The van der Waals surface area contributed by atoms with E-state index < -0.39 is 0 Å². The lowest BCUT2D eigenvalue weighted by molar-refractivity contribution is 0.475. The molecule has 3 heteroatoms. The molecule has 1 atom stereocenters. The monoisotopic (exact) mass is 378 g/mol. The smallest absolute Gasteiger partial charge is 0.115 e. The van der Waals surface area contributed by atoms with Crippen molar-refractivity contribution in [1.29, 1.82) is 0 Å². The van der Waals surface area contributed by atoms with Gasteiger partial charge in [-0.2, -0.15) is 0 Å². The average Bonchev–Trinajstić information content (AvgIpc) is 2.66. The zero-order valence-electron chi connectivity index (χ0n) is 18.1. The molecule has 0 saturated carbocycles. The fourth-order valence-electron chi connectivity index (χ4n) is 3.08. The van der Waals surface area contributed by atoms with E-state index in [9.17, 15) is 0 Å². The molecule has 158 valence electrons. The van der Waals surface area contributed by atoms with Crippen LogP contribution in [0.4, 0.5) is 0 Å². The summed E-state index contributed by atoms with van der Waals surface area (Å²) in [5.41, 5.74) is 5.64. The average molecular weight is 379 g/mol. The number of aromatic hydroxyl groups is 1. The van der Waals surface area contributed by atoms with Crippen molar-refractivity contribution in [1.82, 2.24) is 5.32 Å². The molecule has 0 aliphatic carbocycles. The summed E-state index contributed by atoms with van der Waals surface area (Å²) in [5, 5.41) is 11.9. The van der Waals surface area contributed by atoms with Gasteiger partial charge in [0.2, 0.25) is 0 Å². The molecule has 3 nitrogen and oxygen atoms in total. The van der Waals surface area contributed by atoms with Crippen molar-refractivity contribution in [2.75, 3.05) is 6.54 Å². The van der Waals surface area contributed by atoms with Gasteiger partial charge in [-0.15, -0.1) is 0 Å². The summed E-state index contributed by atoms with van der Waals surface area (Å²) in [4.78, 5) is 0. The van der Waals surface area contributed by atoms with Crippen molar-refractivity contribution in [2.24, 2.45) is 5.73 Å². The highest BCUT2D eigenvalue weighted by Crippen LogP contribution is 2.12. The third-order valence-corrected chi connectivity index (χ3v) is 4.75. The van der Waals surface area contributed by atoms with Crippen LogP contribution in [0.3, 0.4) is 0 Å². The van der Waals surface area contributed by atoms with Crippen LogP contribution in [-0.2, 0) is 0 Å². The van der Waals surface area contributed by atoms with Gasteiger partial charge in [0.25, 0.3) is 0 Å². The summed E-state index contributed by atoms with van der Waals surface area (Å²) in [5.74, 6) is 0.322. The van der Waals surface area contributed by atoms with Crippen LogP contribution in [0.2, 0.25) is 0 Å². The lowest BCUT2D eigenvalue weighted by Gasteiger charge is -2.07. The van der Waals surface area contributed by atoms with E-state index in [0.717, 1.165) is 6.54 Å². The lowest BCUT2D eigenvalue weighted by Crippen LogP contribution is -2.34. The SMILES string of the molecule is CCCCCCCCCCCCCCCCNC(C)N.Oc1ccccc1. The number of nitrogens with two attached hydrogens (primary N) is 1. The summed E-state index contributed by atoms with van der Waals surface area (Å²) in [6.07, 6.45) is 20.1. The second-order valence-electron chi connectivity index (χ2n) is 7.67. The standard InChI is InChI=1S/C18H40N2.C6H6O/c1-3-4-5-6-7-8-9-10-11-12-13-14-15-16-17-20-18(2)19;7-6-4-2-1-3-5-6/h18,20H,3-17,19H2,1-2H3;1-5,7H. The summed E-state index contributed by atoms with van der Waals surface area (Å²) in [7, 11) is 0. The Morgan fingerprint density at radius 2 is 1.15 bits per heavy atom. The van der Waals surface area contributed by atoms with Crippen LogP contribution in [0.1, 0.15) is 104 Å². The molecular weight excluding hydrogens is 332 g/mol. The van der Waals surface area contributed by atoms with Gasteiger partial charge in [0.05, 0.1) is 6.17 Å². The van der Waals surface area contributed by atoms with E-state index in [4.69, 9.17) is 10.8 Å². The fraction of sp³-hybridized carbons (Fsp3) is 0.750. The molecule has 27 heavy (non-hydrogen) atoms. The van der Waals surface area contributed by atoms with Crippen LogP contribution in [-0.4, -0.2) is 17.8 Å². The van der Waals surface area contributed by atoms with Gasteiger partial charge in [-0.25, -0.2) is 0 Å². The van der Waals surface area contributed by atoms with Gasteiger partial charge in [-0.05, 0) is 32.0 Å². The number of hydrogen-bond acceptors (Lipinski definition) is 3. The highest BCUT2D eigenvalue weighted by Gasteiger charge is 1.95. The van der Waals surface area contributed by atoms with Crippen molar-refractivity contribution < 1.29 is 5.11 Å². The summed E-state index contributed by atoms with van der Waals surface area (Å²) >= 11 is 0. The summed E-state index contributed by atoms with van der Waals surface area (Å²) in [6.45, 7) is 5.37. The predicted molar refractivity (Wildman–Crippen MR) is 120 cm³/mol. The second kappa shape index (κ2) is 21.2. The predicted octanol–water partition coefficient (Wildman–Crippen LogP) is 6.75. The zero-order chi connectivity index (χ0) is 20.0. The number of nitrogens with one attached hydrogen (secondary N) is 1.